The first kappa shape index (κ1) is 15.8. The molecule has 2 atom stereocenters. The highest BCUT2D eigenvalue weighted by molar-refractivity contribution is 14.0. The Labute approximate surface area is 130 Å². The van der Waals surface area contributed by atoms with Gasteiger partial charge in [0.05, 0.1) is 6.54 Å². The van der Waals surface area contributed by atoms with Crippen LogP contribution in [0.15, 0.2) is 17.1 Å². The summed E-state index contributed by atoms with van der Waals surface area (Å²) in [5.74, 6) is 1.75. The summed E-state index contributed by atoms with van der Waals surface area (Å²) in [5.41, 5.74) is 0. The van der Waals surface area contributed by atoms with E-state index in [4.69, 9.17) is 0 Å². The van der Waals surface area contributed by atoms with Gasteiger partial charge in [0.1, 0.15) is 0 Å². The van der Waals surface area contributed by atoms with Crippen molar-refractivity contribution in [1.82, 2.24) is 10.6 Å². The van der Waals surface area contributed by atoms with Gasteiger partial charge in [0.2, 0.25) is 0 Å². The lowest BCUT2D eigenvalue weighted by Gasteiger charge is -2.10. The molecule has 2 unspecified atom stereocenters. The molecule has 1 aliphatic carbocycles. The molecule has 0 saturated heterocycles. The number of aliphatic imine (C=N–C) groups is 1. The van der Waals surface area contributed by atoms with Crippen molar-refractivity contribution in [1.29, 1.82) is 0 Å². The van der Waals surface area contributed by atoms with Crippen LogP contribution in [0, 0.1) is 12.8 Å². The monoisotopic (exact) mass is 379 g/mol. The molecule has 1 aliphatic rings. The minimum atomic E-state index is 0. The van der Waals surface area contributed by atoms with Crippen molar-refractivity contribution in [2.45, 2.75) is 39.8 Å². The van der Waals surface area contributed by atoms with E-state index in [9.17, 15) is 0 Å². The van der Waals surface area contributed by atoms with Crippen LogP contribution in [0.3, 0.4) is 0 Å². The third-order valence-corrected chi connectivity index (χ3v) is 3.95. The van der Waals surface area contributed by atoms with E-state index in [2.05, 4.69) is 48.5 Å². The number of rotatable bonds is 4. The van der Waals surface area contributed by atoms with E-state index in [0.717, 1.165) is 25.0 Å². The largest absolute Gasteiger partial charge is 0.357 e. The van der Waals surface area contributed by atoms with Crippen molar-refractivity contribution in [2.24, 2.45) is 10.9 Å². The SMILES string of the molecule is CCNC(=NCc1ccc(C)s1)NC1CC1C.I. The number of aryl methyl sites for hydroxylation is 1. The Bertz CT molecular complexity index is 403. The summed E-state index contributed by atoms with van der Waals surface area (Å²) in [4.78, 5) is 7.29. The molecule has 1 heterocycles. The number of hydrogen-bond acceptors (Lipinski definition) is 2. The van der Waals surface area contributed by atoms with Crippen LogP contribution in [0.1, 0.15) is 30.0 Å². The van der Waals surface area contributed by atoms with E-state index < -0.39 is 0 Å². The fraction of sp³-hybridized carbons (Fsp3) is 0.615. The maximum absolute atomic E-state index is 4.62. The molecule has 0 amide bonds. The van der Waals surface area contributed by atoms with Crippen molar-refractivity contribution < 1.29 is 0 Å². The normalized spacial score (nSPS) is 22.3. The van der Waals surface area contributed by atoms with Gasteiger partial charge in [-0.15, -0.1) is 35.3 Å². The molecule has 2 rings (SSSR count). The van der Waals surface area contributed by atoms with Crippen molar-refractivity contribution >= 4 is 41.3 Å². The number of nitrogens with one attached hydrogen (secondary N) is 2. The molecule has 0 bridgehead atoms. The quantitative estimate of drug-likeness (QED) is 0.479. The van der Waals surface area contributed by atoms with Gasteiger partial charge in [0.15, 0.2) is 5.96 Å². The molecular formula is C13H22IN3S. The molecule has 1 saturated carbocycles. The first-order valence-electron chi connectivity index (χ1n) is 6.29. The topological polar surface area (TPSA) is 36.4 Å². The van der Waals surface area contributed by atoms with Gasteiger partial charge in [-0.3, -0.25) is 0 Å². The van der Waals surface area contributed by atoms with Crippen molar-refractivity contribution in [2.75, 3.05) is 6.54 Å². The summed E-state index contributed by atoms with van der Waals surface area (Å²) in [7, 11) is 0. The molecule has 5 heteroatoms. The number of hydrogen-bond donors (Lipinski definition) is 2. The van der Waals surface area contributed by atoms with Crippen molar-refractivity contribution in [3.8, 4) is 0 Å². The Morgan fingerprint density at radius 2 is 2.22 bits per heavy atom. The Kier molecular flexibility index (Phi) is 6.42. The van der Waals surface area contributed by atoms with Crippen LogP contribution in [-0.4, -0.2) is 18.5 Å². The van der Waals surface area contributed by atoms with Crippen molar-refractivity contribution in [3.63, 3.8) is 0 Å². The van der Waals surface area contributed by atoms with Crippen LogP contribution in [0.25, 0.3) is 0 Å². The molecule has 18 heavy (non-hydrogen) atoms. The van der Waals surface area contributed by atoms with E-state index in [-0.39, 0.29) is 24.0 Å². The number of nitrogens with zero attached hydrogens (tertiary/aromatic N) is 1. The standard InChI is InChI=1S/C13H21N3S.HI/c1-4-14-13(16-12-7-9(12)2)15-8-11-6-5-10(3)17-11;/h5-6,9,12H,4,7-8H2,1-3H3,(H2,14,15,16);1H. The van der Waals surface area contributed by atoms with E-state index in [0.29, 0.717) is 6.04 Å². The van der Waals surface area contributed by atoms with E-state index >= 15 is 0 Å². The highest BCUT2D eigenvalue weighted by Gasteiger charge is 2.33. The first-order chi connectivity index (χ1) is 8.19. The lowest BCUT2D eigenvalue weighted by atomic mass is 10.4. The lowest BCUT2D eigenvalue weighted by Crippen LogP contribution is -2.39. The highest BCUT2D eigenvalue weighted by Crippen LogP contribution is 2.28. The van der Waals surface area contributed by atoms with Crippen LogP contribution in [0.4, 0.5) is 0 Å². The van der Waals surface area contributed by atoms with Crippen LogP contribution in [0.5, 0.6) is 0 Å². The second-order valence-electron chi connectivity index (χ2n) is 4.67. The van der Waals surface area contributed by atoms with E-state index in [1.165, 1.54) is 16.2 Å². The van der Waals surface area contributed by atoms with Gasteiger partial charge in [-0.1, -0.05) is 6.92 Å². The molecule has 102 valence electrons. The summed E-state index contributed by atoms with van der Waals surface area (Å²) >= 11 is 1.82. The predicted octanol–water partition coefficient (Wildman–Crippen LogP) is 3.14. The Balaban J connectivity index is 0.00000162. The molecule has 2 N–H and O–H groups in total. The summed E-state index contributed by atoms with van der Waals surface area (Å²) in [5, 5.41) is 6.76. The second kappa shape index (κ2) is 7.33. The van der Waals surface area contributed by atoms with Gasteiger partial charge in [-0.2, -0.15) is 0 Å². The number of thiophene rings is 1. The van der Waals surface area contributed by atoms with Crippen molar-refractivity contribution in [3.05, 3.63) is 21.9 Å². The fourth-order valence-corrected chi connectivity index (χ4v) is 2.56. The van der Waals surface area contributed by atoms with Crippen LogP contribution in [-0.2, 0) is 6.54 Å². The molecule has 1 aromatic heterocycles. The van der Waals surface area contributed by atoms with Crippen LogP contribution >= 0.6 is 35.3 Å². The molecule has 1 aromatic rings. The zero-order valence-corrected chi connectivity index (χ0v) is 14.3. The summed E-state index contributed by atoms with van der Waals surface area (Å²) in [6.07, 6.45) is 1.27. The van der Waals surface area contributed by atoms with Gasteiger partial charge >= 0.3 is 0 Å². The average molecular weight is 379 g/mol. The van der Waals surface area contributed by atoms with E-state index in [1.54, 1.807) is 0 Å². The lowest BCUT2D eigenvalue weighted by molar-refractivity contribution is 0.767. The maximum atomic E-state index is 4.62. The van der Waals surface area contributed by atoms with Gasteiger partial charge < -0.3 is 10.6 Å². The average Bonchev–Trinajstić information content (AvgIpc) is 2.81. The van der Waals surface area contributed by atoms with Gasteiger partial charge in [0.25, 0.3) is 0 Å². The highest BCUT2D eigenvalue weighted by atomic mass is 127. The predicted molar refractivity (Wildman–Crippen MR) is 90.0 cm³/mol. The Hall–Kier alpha value is -0.300. The van der Waals surface area contributed by atoms with Gasteiger partial charge in [-0.05, 0) is 38.3 Å². The third-order valence-electron chi connectivity index (χ3n) is 2.96. The molecule has 0 spiro atoms. The minimum Gasteiger partial charge on any atom is -0.357 e. The zero-order chi connectivity index (χ0) is 12.3. The summed E-state index contributed by atoms with van der Waals surface area (Å²) < 4.78 is 0. The Morgan fingerprint density at radius 3 is 2.72 bits per heavy atom. The molecule has 3 nitrogen and oxygen atoms in total. The van der Waals surface area contributed by atoms with Gasteiger partial charge in [-0.25, -0.2) is 4.99 Å². The van der Waals surface area contributed by atoms with Gasteiger partial charge in [0, 0.05) is 22.3 Å². The first-order valence-corrected chi connectivity index (χ1v) is 7.11. The molecule has 0 radical (unpaired) electrons. The zero-order valence-electron chi connectivity index (χ0n) is 11.2. The third kappa shape index (κ3) is 4.76. The molecule has 1 fully saturated rings. The Morgan fingerprint density at radius 1 is 1.50 bits per heavy atom. The summed E-state index contributed by atoms with van der Waals surface area (Å²) in [6.45, 7) is 8.19. The smallest absolute Gasteiger partial charge is 0.191 e. The molecule has 0 aliphatic heterocycles. The second-order valence-corrected chi connectivity index (χ2v) is 6.04. The minimum absolute atomic E-state index is 0. The summed E-state index contributed by atoms with van der Waals surface area (Å²) in [6, 6.07) is 4.93. The maximum Gasteiger partial charge on any atom is 0.191 e. The number of halogens is 1. The van der Waals surface area contributed by atoms with Crippen LogP contribution < -0.4 is 10.6 Å². The molecule has 0 aromatic carbocycles. The number of guanidine groups is 1. The van der Waals surface area contributed by atoms with E-state index in [1.807, 2.05) is 11.3 Å². The van der Waals surface area contributed by atoms with Crippen LogP contribution in [0.2, 0.25) is 0 Å². The molecular weight excluding hydrogens is 357 g/mol. The fourth-order valence-electron chi connectivity index (χ4n) is 1.75.